The number of alkyl halides is 1. The molecule has 2 rings (SSSR count). The molecule has 0 saturated carbocycles. The lowest BCUT2D eigenvalue weighted by Gasteiger charge is -2.10. The lowest BCUT2D eigenvalue weighted by molar-refractivity contribution is 0.272. The minimum atomic E-state index is -0.103. The zero-order chi connectivity index (χ0) is 11.5. The van der Waals surface area contributed by atoms with Crippen LogP contribution in [0.3, 0.4) is 0 Å². The Balaban J connectivity index is 2.77. The lowest BCUT2D eigenvalue weighted by Crippen LogP contribution is -2.26. The van der Waals surface area contributed by atoms with E-state index in [-0.39, 0.29) is 18.7 Å². The molecule has 5 heteroatoms. The number of hydrogen-bond donors (Lipinski definition) is 1. The van der Waals surface area contributed by atoms with Crippen molar-refractivity contribution in [3.63, 3.8) is 0 Å². The van der Waals surface area contributed by atoms with E-state index in [2.05, 4.69) is 20.9 Å². The summed E-state index contributed by atoms with van der Waals surface area (Å²) in [5.74, 6) is 0.637. The number of halogens is 1. The highest BCUT2D eigenvalue weighted by Crippen LogP contribution is 2.09. The number of para-hydroxylation sites is 1. The van der Waals surface area contributed by atoms with Gasteiger partial charge in [-0.3, -0.25) is 9.36 Å². The highest BCUT2D eigenvalue weighted by molar-refractivity contribution is 9.08. The first kappa shape index (κ1) is 11.3. The van der Waals surface area contributed by atoms with Gasteiger partial charge in [0, 0.05) is 0 Å². The van der Waals surface area contributed by atoms with Gasteiger partial charge in [0.2, 0.25) is 0 Å². The molecule has 0 saturated heterocycles. The number of aromatic nitrogens is 2. The molecule has 0 atom stereocenters. The quantitative estimate of drug-likeness (QED) is 0.863. The van der Waals surface area contributed by atoms with E-state index in [9.17, 15) is 4.79 Å². The van der Waals surface area contributed by atoms with E-state index in [1.54, 1.807) is 6.07 Å². The molecule has 1 heterocycles. The monoisotopic (exact) mass is 282 g/mol. The van der Waals surface area contributed by atoms with Crippen molar-refractivity contribution in [3.05, 3.63) is 40.4 Å². The van der Waals surface area contributed by atoms with Crippen LogP contribution in [0.2, 0.25) is 0 Å². The molecule has 2 aromatic rings. The summed E-state index contributed by atoms with van der Waals surface area (Å²) in [4.78, 5) is 16.5. The summed E-state index contributed by atoms with van der Waals surface area (Å²) in [6.45, 7) is 0.206. The van der Waals surface area contributed by atoms with Crippen LogP contribution in [0, 0.1) is 0 Å². The van der Waals surface area contributed by atoms with Crippen LogP contribution in [0.15, 0.2) is 29.1 Å². The Hall–Kier alpha value is -1.20. The Bertz CT molecular complexity index is 565. The van der Waals surface area contributed by atoms with Crippen molar-refractivity contribution >= 4 is 26.8 Å². The predicted molar refractivity (Wildman–Crippen MR) is 65.7 cm³/mol. The summed E-state index contributed by atoms with van der Waals surface area (Å²) in [6.07, 6.45) is 0. The molecule has 4 nitrogen and oxygen atoms in total. The maximum absolute atomic E-state index is 12.1. The Morgan fingerprint density at radius 1 is 1.38 bits per heavy atom. The van der Waals surface area contributed by atoms with Gasteiger partial charge in [0.1, 0.15) is 5.82 Å². The number of fused-ring (bicyclic) bond motifs is 1. The van der Waals surface area contributed by atoms with Crippen LogP contribution in [-0.2, 0) is 11.9 Å². The van der Waals surface area contributed by atoms with Crippen LogP contribution in [-0.4, -0.2) is 21.3 Å². The molecule has 0 radical (unpaired) electrons. The van der Waals surface area contributed by atoms with Crippen LogP contribution in [0.1, 0.15) is 5.82 Å². The third-order valence-electron chi connectivity index (χ3n) is 2.38. The van der Waals surface area contributed by atoms with Crippen molar-refractivity contribution in [2.45, 2.75) is 11.9 Å². The molecule has 0 fully saturated rings. The second-order valence-corrected chi connectivity index (χ2v) is 3.92. The summed E-state index contributed by atoms with van der Waals surface area (Å²) in [7, 11) is 0. The maximum atomic E-state index is 12.1. The average molecular weight is 283 g/mol. The summed E-state index contributed by atoms with van der Waals surface area (Å²) in [6, 6.07) is 7.22. The maximum Gasteiger partial charge on any atom is 0.261 e. The summed E-state index contributed by atoms with van der Waals surface area (Å²) in [5.41, 5.74) is 0.588. The van der Waals surface area contributed by atoms with Crippen LogP contribution in [0.25, 0.3) is 10.9 Å². The molecule has 1 aromatic heterocycles. The van der Waals surface area contributed by atoms with Crippen LogP contribution in [0.5, 0.6) is 0 Å². The first-order valence-corrected chi connectivity index (χ1v) is 6.05. The van der Waals surface area contributed by atoms with Gasteiger partial charge in [0.05, 0.1) is 29.4 Å². The van der Waals surface area contributed by atoms with Gasteiger partial charge in [-0.25, -0.2) is 4.98 Å². The van der Waals surface area contributed by atoms with E-state index >= 15 is 0 Å². The number of nitrogens with zero attached hydrogens (tertiary/aromatic N) is 2. The molecule has 1 aromatic carbocycles. The first-order chi connectivity index (χ1) is 7.77. The van der Waals surface area contributed by atoms with Gasteiger partial charge in [-0.15, -0.1) is 0 Å². The normalized spacial score (nSPS) is 10.9. The second-order valence-electron chi connectivity index (χ2n) is 3.36. The summed E-state index contributed by atoms with van der Waals surface area (Å²) < 4.78 is 1.50. The number of aliphatic hydroxyl groups is 1. The van der Waals surface area contributed by atoms with E-state index in [4.69, 9.17) is 5.11 Å². The van der Waals surface area contributed by atoms with Crippen molar-refractivity contribution < 1.29 is 5.11 Å². The van der Waals surface area contributed by atoms with E-state index < -0.39 is 0 Å². The average Bonchev–Trinajstić information content (AvgIpc) is 2.33. The van der Waals surface area contributed by atoms with E-state index in [1.165, 1.54) is 4.57 Å². The SMILES string of the molecule is O=c1c2ccccc2nc(CBr)n1CCO. The fraction of sp³-hybridized carbons (Fsp3) is 0.273. The Labute approximate surface area is 101 Å². The minimum Gasteiger partial charge on any atom is -0.395 e. The molecular formula is C11H11BrN2O2. The van der Waals surface area contributed by atoms with Gasteiger partial charge in [-0.2, -0.15) is 0 Å². The molecule has 0 aliphatic heterocycles. The van der Waals surface area contributed by atoms with Crippen LogP contribution in [0.4, 0.5) is 0 Å². The van der Waals surface area contributed by atoms with Crippen LogP contribution < -0.4 is 5.56 Å². The van der Waals surface area contributed by atoms with Crippen LogP contribution >= 0.6 is 15.9 Å². The Kier molecular flexibility index (Phi) is 3.36. The molecule has 0 spiro atoms. The number of aliphatic hydroxyl groups excluding tert-OH is 1. The summed E-state index contributed by atoms with van der Waals surface area (Å²) >= 11 is 3.29. The third-order valence-corrected chi connectivity index (χ3v) is 2.89. The summed E-state index contributed by atoms with van der Waals surface area (Å²) in [5, 5.41) is 10.0. The van der Waals surface area contributed by atoms with E-state index in [0.717, 1.165) is 0 Å². The van der Waals surface area contributed by atoms with Crippen molar-refractivity contribution in [3.8, 4) is 0 Å². The molecule has 0 aliphatic rings. The fourth-order valence-electron chi connectivity index (χ4n) is 1.65. The molecule has 0 bridgehead atoms. The molecule has 84 valence electrons. The Morgan fingerprint density at radius 2 is 2.12 bits per heavy atom. The number of hydrogen-bond acceptors (Lipinski definition) is 3. The molecule has 0 unspecified atom stereocenters. The standard InChI is InChI=1S/C11H11BrN2O2/c12-7-10-13-9-4-2-1-3-8(9)11(16)14(10)5-6-15/h1-4,15H,5-7H2. The van der Waals surface area contributed by atoms with Gasteiger partial charge < -0.3 is 5.11 Å². The van der Waals surface area contributed by atoms with Crippen molar-refractivity contribution in [1.29, 1.82) is 0 Å². The van der Waals surface area contributed by atoms with Crippen molar-refractivity contribution in [2.75, 3.05) is 6.61 Å². The largest absolute Gasteiger partial charge is 0.395 e. The van der Waals surface area contributed by atoms with Gasteiger partial charge >= 0.3 is 0 Å². The topological polar surface area (TPSA) is 55.1 Å². The van der Waals surface area contributed by atoms with Gasteiger partial charge in [0.15, 0.2) is 0 Å². The van der Waals surface area contributed by atoms with Crippen molar-refractivity contribution in [2.24, 2.45) is 0 Å². The van der Waals surface area contributed by atoms with Crippen molar-refractivity contribution in [1.82, 2.24) is 9.55 Å². The Morgan fingerprint density at radius 3 is 2.81 bits per heavy atom. The first-order valence-electron chi connectivity index (χ1n) is 4.93. The van der Waals surface area contributed by atoms with Gasteiger partial charge in [-0.1, -0.05) is 28.1 Å². The van der Waals surface area contributed by atoms with E-state index in [1.807, 2.05) is 18.2 Å². The molecule has 16 heavy (non-hydrogen) atoms. The zero-order valence-corrected chi connectivity index (χ0v) is 10.1. The van der Waals surface area contributed by atoms with Gasteiger partial charge in [0.25, 0.3) is 5.56 Å². The molecular weight excluding hydrogens is 272 g/mol. The molecule has 0 amide bonds. The smallest absolute Gasteiger partial charge is 0.261 e. The number of rotatable bonds is 3. The minimum absolute atomic E-state index is 0.0695. The molecule has 0 aliphatic carbocycles. The fourth-order valence-corrected chi connectivity index (χ4v) is 2.07. The van der Waals surface area contributed by atoms with Gasteiger partial charge in [-0.05, 0) is 12.1 Å². The highest BCUT2D eigenvalue weighted by Gasteiger charge is 2.08. The number of benzene rings is 1. The predicted octanol–water partition coefficient (Wildman–Crippen LogP) is 1.28. The van der Waals surface area contributed by atoms with E-state index in [0.29, 0.717) is 22.1 Å². The second kappa shape index (κ2) is 4.76. The lowest BCUT2D eigenvalue weighted by atomic mass is 10.2. The zero-order valence-electron chi connectivity index (χ0n) is 8.56. The molecule has 1 N–H and O–H groups in total. The highest BCUT2D eigenvalue weighted by atomic mass is 79.9. The third kappa shape index (κ3) is 1.88.